The zero-order valence-corrected chi connectivity index (χ0v) is 12.7. The van der Waals surface area contributed by atoms with Gasteiger partial charge < -0.3 is 0 Å². The summed E-state index contributed by atoms with van der Waals surface area (Å²) in [7, 11) is -0.470. The Morgan fingerprint density at radius 2 is 1.27 bits per heavy atom. The Hall–Kier alpha value is -0.386. The van der Waals surface area contributed by atoms with Crippen molar-refractivity contribution in [3.8, 4) is 0 Å². The van der Waals surface area contributed by atoms with Gasteiger partial charge in [0.1, 0.15) is 0 Å². The lowest BCUT2D eigenvalue weighted by Gasteiger charge is -1.90. The van der Waals surface area contributed by atoms with Gasteiger partial charge in [-0.2, -0.15) is 0 Å². The summed E-state index contributed by atoms with van der Waals surface area (Å²) in [6.07, 6.45) is 4.53. The molecule has 0 saturated heterocycles. The van der Waals surface area contributed by atoms with Crippen molar-refractivity contribution in [2.24, 2.45) is 0 Å². The number of hydrogen-bond donors (Lipinski definition) is 0. The van der Waals surface area contributed by atoms with Crippen LogP contribution < -0.4 is 0 Å². The maximum absolute atomic E-state index is 2.35. The van der Waals surface area contributed by atoms with Gasteiger partial charge in [0.25, 0.3) is 0 Å². The van der Waals surface area contributed by atoms with Crippen LogP contribution in [0.25, 0.3) is 12.2 Å². The first-order valence-corrected chi connectivity index (χ1v) is 11.1. The normalized spacial score (nSPS) is 12.7. The smallest absolute Gasteiger partial charge is 0.0693 e. The van der Waals surface area contributed by atoms with Crippen molar-refractivity contribution < 1.29 is 0 Å². The molecular formula is C12H18SSi2. The van der Waals surface area contributed by atoms with Crippen LogP contribution in [0.15, 0.2) is 23.5 Å². The molecule has 0 aliphatic heterocycles. The predicted molar refractivity (Wildman–Crippen MR) is 77.4 cm³/mol. The highest BCUT2D eigenvalue weighted by Gasteiger charge is 1.95. The van der Waals surface area contributed by atoms with Crippen LogP contribution in [-0.2, 0) is 0 Å². The summed E-state index contributed by atoms with van der Waals surface area (Å²) in [4.78, 5) is 2.75. The van der Waals surface area contributed by atoms with E-state index < -0.39 is 0 Å². The molecule has 1 heterocycles. The third-order valence-corrected chi connectivity index (χ3v) is 4.49. The van der Waals surface area contributed by atoms with Gasteiger partial charge in [-0.15, -0.1) is 11.3 Å². The quantitative estimate of drug-likeness (QED) is 0.697. The van der Waals surface area contributed by atoms with Crippen molar-refractivity contribution in [1.82, 2.24) is 0 Å². The third-order valence-electron chi connectivity index (χ3n) is 1.81. The topological polar surface area (TPSA) is 0 Å². The van der Waals surface area contributed by atoms with Crippen LogP contribution >= 0.6 is 11.3 Å². The summed E-state index contributed by atoms with van der Waals surface area (Å²) in [5.74, 6) is 0. The Kier molecular flexibility index (Phi) is 5.29. The zero-order chi connectivity index (χ0) is 11.3. The molecule has 0 aromatic carbocycles. The average molecular weight is 251 g/mol. The Morgan fingerprint density at radius 1 is 0.867 bits per heavy atom. The Morgan fingerprint density at radius 3 is 1.60 bits per heavy atom. The summed E-state index contributed by atoms with van der Waals surface area (Å²) in [6, 6.07) is 4.42. The molecule has 0 spiro atoms. The molecule has 1 rings (SSSR count). The van der Waals surface area contributed by atoms with E-state index >= 15 is 0 Å². The van der Waals surface area contributed by atoms with E-state index in [2.05, 4.69) is 61.9 Å². The zero-order valence-electron chi connectivity index (χ0n) is 9.87. The van der Waals surface area contributed by atoms with Crippen molar-refractivity contribution in [3.63, 3.8) is 0 Å². The summed E-state index contributed by atoms with van der Waals surface area (Å²) >= 11 is 1.88. The van der Waals surface area contributed by atoms with Gasteiger partial charge in [0.15, 0.2) is 0 Å². The van der Waals surface area contributed by atoms with Crippen LogP contribution in [0, 0.1) is 0 Å². The van der Waals surface area contributed by atoms with Crippen molar-refractivity contribution in [1.29, 1.82) is 0 Å². The lowest BCUT2D eigenvalue weighted by molar-refractivity contribution is 1.90. The first-order chi connectivity index (χ1) is 7.08. The number of thiophene rings is 1. The van der Waals surface area contributed by atoms with Crippen LogP contribution in [0.5, 0.6) is 0 Å². The molecule has 15 heavy (non-hydrogen) atoms. The highest BCUT2D eigenvalue weighted by atomic mass is 32.1. The van der Waals surface area contributed by atoms with E-state index in [1.165, 1.54) is 9.75 Å². The van der Waals surface area contributed by atoms with Crippen molar-refractivity contribution in [2.75, 3.05) is 0 Å². The van der Waals surface area contributed by atoms with Gasteiger partial charge in [0, 0.05) is 9.75 Å². The van der Waals surface area contributed by atoms with Gasteiger partial charge in [0.2, 0.25) is 0 Å². The number of hydrogen-bond acceptors (Lipinski definition) is 1. The molecule has 0 aliphatic rings. The summed E-state index contributed by atoms with van der Waals surface area (Å²) in [5.41, 5.74) is 4.69. The minimum Gasteiger partial charge on any atom is -0.137 e. The lowest BCUT2D eigenvalue weighted by atomic mass is 10.4. The van der Waals surface area contributed by atoms with Crippen LogP contribution in [0.1, 0.15) is 9.75 Å². The molecule has 3 heteroatoms. The van der Waals surface area contributed by atoms with E-state index in [9.17, 15) is 0 Å². The summed E-state index contributed by atoms with van der Waals surface area (Å²) in [5, 5.41) is 0. The van der Waals surface area contributed by atoms with Gasteiger partial charge in [-0.1, -0.05) is 49.7 Å². The van der Waals surface area contributed by atoms with E-state index in [-0.39, 0.29) is 17.6 Å². The highest BCUT2D eigenvalue weighted by molar-refractivity contribution is 7.13. The van der Waals surface area contributed by atoms with Crippen molar-refractivity contribution >= 4 is 41.1 Å². The van der Waals surface area contributed by atoms with Crippen LogP contribution in [-0.4, -0.2) is 17.6 Å². The molecule has 0 nitrogen and oxygen atoms in total. The average Bonchev–Trinajstić information content (AvgIpc) is 2.59. The van der Waals surface area contributed by atoms with Gasteiger partial charge in [-0.05, 0) is 12.1 Å². The molecular weight excluding hydrogens is 232 g/mol. The lowest BCUT2D eigenvalue weighted by Crippen LogP contribution is -1.91. The highest BCUT2D eigenvalue weighted by Crippen LogP contribution is 2.19. The van der Waals surface area contributed by atoms with Crippen LogP contribution in [0.2, 0.25) is 26.2 Å². The van der Waals surface area contributed by atoms with Crippen LogP contribution in [0.3, 0.4) is 0 Å². The minimum atomic E-state index is -0.235. The molecule has 0 N–H and O–H groups in total. The number of rotatable bonds is 4. The monoisotopic (exact) mass is 250 g/mol. The SMILES string of the molecule is C[Si](C)/C=C/c1ccc(/C=C/[Si](C)C)s1. The Balaban J connectivity index is 2.64. The fourth-order valence-corrected chi connectivity index (χ4v) is 3.13. The fraction of sp³-hybridized carbons (Fsp3) is 0.333. The molecule has 0 aliphatic carbocycles. The van der Waals surface area contributed by atoms with E-state index in [4.69, 9.17) is 0 Å². The van der Waals surface area contributed by atoms with Gasteiger partial charge >= 0.3 is 0 Å². The van der Waals surface area contributed by atoms with E-state index in [0.717, 1.165) is 0 Å². The first kappa shape index (κ1) is 12.7. The molecule has 0 fully saturated rings. The molecule has 1 aromatic rings. The maximum atomic E-state index is 2.35. The molecule has 0 amide bonds. The molecule has 1 aromatic heterocycles. The third kappa shape index (κ3) is 5.30. The van der Waals surface area contributed by atoms with E-state index in [1.807, 2.05) is 11.3 Å². The Bertz CT molecular complexity index is 316. The summed E-state index contributed by atoms with van der Waals surface area (Å²) < 4.78 is 0. The molecule has 0 saturated carbocycles. The maximum Gasteiger partial charge on any atom is 0.0693 e. The fourth-order valence-electron chi connectivity index (χ4n) is 1.05. The van der Waals surface area contributed by atoms with E-state index in [1.54, 1.807) is 0 Å². The first-order valence-electron chi connectivity index (χ1n) is 5.14. The molecule has 0 unspecified atom stereocenters. The minimum absolute atomic E-state index is 0.235. The van der Waals surface area contributed by atoms with E-state index in [0.29, 0.717) is 0 Å². The standard InChI is InChI=1S/C12H18SSi2/c1-14(2)9-7-11-5-6-12(13-11)8-10-15(3)4/h5-10H,1-4H3/b9-7+,10-8+. The van der Waals surface area contributed by atoms with Gasteiger partial charge in [-0.3, -0.25) is 0 Å². The van der Waals surface area contributed by atoms with Crippen molar-refractivity contribution in [2.45, 2.75) is 26.2 Å². The molecule has 2 radical (unpaired) electrons. The van der Waals surface area contributed by atoms with Gasteiger partial charge in [0.05, 0.1) is 17.6 Å². The molecule has 80 valence electrons. The molecule has 0 bridgehead atoms. The second-order valence-electron chi connectivity index (χ2n) is 4.06. The molecule has 0 atom stereocenters. The predicted octanol–water partition coefficient (Wildman–Crippen LogP) is 4.36. The van der Waals surface area contributed by atoms with Crippen molar-refractivity contribution in [3.05, 3.63) is 33.3 Å². The second kappa shape index (κ2) is 6.25. The largest absolute Gasteiger partial charge is 0.137 e. The Labute approximate surface area is 101 Å². The van der Waals surface area contributed by atoms with Gasteiger partial charge in [-0.25, -0.2) is 0 Å². The van der Waals surface area contributed by atoms with Crippen LogP contribution in [0.4, 0.5) is 0 Å². The summed E-state index contributed by atoms with van der Waals surface area (Å²) in [6.45, 7) is 9.22. The second-order valence-corrected chi connectivity index (χ2v) is 10.2.